The molecular weight excluding hydrogens is 308 g/mol. The fraction of sp³-hybridized carbons (Fsp3) is 0.0714. The number of hydrogen-bond donors (Lipinski definition) is 2. The molecule has 3 rings (SSSR count). The van der Waals surface area contributed by atoms with E-state index in [9.17, 15) is 4.79 Å². The molecule has 1 aliphatic rings. The molecule has 0 spiro atoms. The molecule has 1 aromatic carbocycles. The van der Waals surface area contributed by atoms with Gasteiger partial charge >= 0.3 is 0 Å². The number of fused-ring (bicyclic) bond motifs is 1. The van der Waals surface area contributed by atoms with Gasteiger partial charge in [0.25, 0.3) is 5.91 Å². The van der Waals surface area contributed by atoms with Gasteiger partial charge in [0, 0.05) is 27.9 Å². The van der Waals surface area contributed by atoms with Crippen molar-refractivity contribution < 1.29 is 4.79 Å². The summed E-state index contributed by atoms with van der Waals surface area (Å²) < 4.78 is 0. The van der Waals surface area contributed by atoms with Crippen molar-refractivity contribution in [1.82, 2.24) is 15.8 Å². The first-order valence-electron chi connectivity index (χ1n) is 6.19. The minimum Gasteiger partial charge on any atom is -0.284 e. The Morgan fingerprint density at radius 2 is 2.05 bits per heavy atom. The fourth-order valence-corrected chi connectivity index (χ4v) is 2.93. The molecule has 0 unspecified atom stereocenters. The fourth-order valence-electron chi connectivity index (χ4n) is 1.79. The number of thioether (sulfide) groups is 1. The van der Waals surface area contributed by atoms with Crippen LogP contribution < -0.4 is 10.9 Å². The average Bonchev–Trinajstić information content (AvgIpc) is 2.53. The van der Waals surface area contributed by atoms with Crippen LogP contribution in [0.5, 0.6) is 0 Å². The van der Waals surface area contributed by atoms with Crippen LogP contribution in [0.2, 0.25) is 5.02 Å². The molecule has 0 radical (unpaired) electrons. The Morgan fingerprint density at radius 3 is 2.86 bits per heavy atom. The highest BCUT2D eigenvalue weighted by Gasteiger charge is 2.13. The number of hydrogen-bond acceptors (Lipinski definition) is 5. The molecule has 1 aliphatic heterocycles. The van der Waals surface area contributed by atoms with Crippen molar-refractivity contribution in [3.05, 3.63) is 53.3 Å². The van der Waals surface area contributed by atoms with Crippen molar-refractivity contribution >= 4 is 40.8 Å². The zero-order chi connectivity index (χ0) is 14.7. The van der Waals surface area contributed by atoms with Gasteiger partial charge < -0.3 is 0 Å². The van der Waals surface area contributed by atoms with Crippen LogP contribution in [0.25, 0.3) is 0 Å². The van der Waals surface area contributed by atoms with Crippen molar-refractivity contribution in [2.45, 2.75) is 4.90 Å². The smallest absolute Gasteiger partial charge is 0.269 e. The number of pyridine rings is 1. The quantitative estimate of drug-likeness (QED) is 0.793. The summed E-state index contributed by atoms with van der Waals surface area (Å²) in [6, 6.07) is 8.83. The van der Waals surface area contributed by atoms with Gasteiger partial charge in [-0.05, 0) is 30.3 Å². The number of carbonyl (C=O) groups excluding carboxylic acids is 1. The SMILES string of the molecule is O=C(NNC1=Nc2ccc(Cl)cc2SC1)c1ccncc1. The Bertz CT molecular complexity index is 705. The Morgan fingerprint density at radius 1 is 1.24 bits per heavy atom. The number of aliphatic imine (C=N–C) groups is 1. The Balaban J connectivity index is 1.67. The summed E-state index contributed by atoms with van der Waals surface area (Å²) in [6.07, 6.45) is 3.14. The van der Waals surface area contributed by atoms with Gasteiger partial charge in [-0.25, -0.2) is 4.99 Å². The van der Waals surface area contributed by atoms with E-state index in [1.807, 2.05) is 12.1 Å². The molecule has 0 saturated heterocycles. The Labute approximate surface area is 130 Å². The van der Waals surface area contributed by atoms with Crippen molar-refractivity contribution in [2.24, 2.45) is 4.99 Å². The number of amides is 1. The van der Waals surface area contributed by atoms with Crippen LogP contribution >= 0.6 is 23.4 Å². The number of halogens is 1. The molecular formula is C14H11ClN4OS. The summed E-state index contributed by atoms with van der Waals surface area (Å²) in [7, 11) is 0. The maximum atomic E-state index is 11.9. The van der Waals surface area contributed by atoms with Gasteiger partial charge in [0.15, 0.2) is 0 Å². The summed E-state index contributed by atoms with van der Waals surface area (Å²) >= 11 is 7.56. The lowest BCUT2D eigenvalue weighted by Gasteiger charge is -2.17. The van der Waals surface area contributed by atoms with E-state index in [1.54, 1.807) is 42.4 Å². The van der Waals surface area contributed by atoms with E-state index in [2.05, 4.69) is 20.8 Å². The van der Waals surface area contributed by atoms with Crippen LogP contribution in [0.15, 0.2) is 52.6 Å². The van der Waals surface area contributed by atoms with Crippen LogP contribution in [0, 0.1) is 0 Å². The predicted octanol–water partition coefficient (Wildman–Crippen LogP) is 2.81. The first-order valence-corrected chi connectivity index (χ1v) is 7.55. The lowest BCUT2D eigenvalue weighted by atomic mass is 10.3. The van der Waals surface area contributed by atoms with Crippen LogP contribution in [0.1, 0.15) is 10.4 Å². The normalized spacial score (nSPS) is 13.1. The van der Waals surface area contributed by atoms with E-state index in [0.29, 0.717) is 22.2 Å². The van der Waals surface area contributed by atoms with Crippen LogP contribution in [-0.4, -0.2) is 22.5 Å². The number of amidine groups is 1. The summed E-state index contributed by atoms with van der Waals surface area (Å²) in [5.74, 6) is 1.11. The topological polar surface area (TPSA) is 66.4 Å². The molecule has 2 N–H and O–H groups in total. The third kappa shape index (κ3) is 3.34. The van der Waals surface area contributed by atoms with Gasteiger partial charge in [-0.1, -0.05) is 11.6 Å². The maximum Gasteiger partial charge on any atom is 0.269 e. The molecule has 1 amide bonds. The van der Waals surface area contributed by atoms with Gasteiger partial charge in [0.05, 0.1) is 11.4 Å². The second-order valence-electron chi connectivity index (χ2n) is 4.27. The van der Waals surface area contributed by atoms with E-state index in [4.69, 9.17) is 11.6 Å². The lowest BCUT2D eigenvalue weighted by molar-refractivity contribution is 0.0943. The van der Waals surface area contributed by atoms with Gasteiger partial charge in [-0.3, -0.25) is 20.6 Å². The van der Waals surface area contributed by atoms with Gasteiger partial charge in [-0.2, -0.15) is 0 Å². The zero-order valence-electron chi connectivity index (χ0n) is 10.8. The summed E-state index contributed by atoms with van der Waals surface area (Å²) in [4.78, 5) is 21.3. The molecule has 21 heavy (non-hydrogen) atoms. The van der Waals surface area contributed by atoms with Crippen LogP contribution in [-0.2, 0) is 0 Å². The number of aromatic nitrogens is 1. The second kappa shape index (κ2) is 6.15. The highest BCUT2D eigenvalue weighted by molar-refractivity contribution is 8.00. The minimum atomic E-state index is -0.230. The largest absolute Gasteiger partial charge is 0.284 e. The predicted molar refractivity (Wildman–Crippen MR) is 84.1 cm³/mol. The molecule has 2 aromatic rings. The van der Waals surface area contributed by atoms with Gasteiger partial charge in [0.2, 0.25) is 0 Å². The average molecular weight is 319 g/mol. The molecule has 2 heterocycles. The first-order chi connectivity index (χ1) is 10.2. The molecule has 5 nitrogen and oxygen atoms in total. The van der Waals surface area contributed by atoms with Crippen molar-refractivity contribution in [1.29, 1.82) is 0 Å². The summed E-state index contributed by atoms with van der Waals surface area (Å²) in [5, 5.41) is 0.693. The monoisotopic (exact) mass is 318 g/mol. The van der Waals surface area contributed by atoms with Crippen molar-refractivity contribution in [3.63, 3.8) is 0 Å². The molecule has 1 aromatic heterocycles. The van der Waals surface area contributed by atoms with E-state index >= 15 is 0 Å². The molecule has 0 atom stereocenters. The minimum absolute atomic E-state index is 0.230. The molecule has 0 saturated carbocycles. The third-order valence-corrected chi connectivity index (χ3v) is 4.10. The van der Waals surface area contributed by atoms with E-state index in [0.717, 1.165) is 10.6 Å². The number of carbonyl (C=O) groups is 1. The summed E-state index contributed by atoms with van der Waals surface area (Å²) in [6.45, 7) is 0. The highest BCUT2D eigenvalue weighted by Crippen LogP contribution is 2.35. The van der Waals surface area contributed by atoms with E-state index in [-0.39, 0.29) is 5.91 Å². The molecule has 0 aliphatic carbocycles. The molecule has 0 bridgehead atoms. The van der Waals surface area contributed by atoms with Crippen LogP contribution in [0.3, 0.4) is 0 Å². The third-order valence-electron chi connectivity index (χ3n) is 2.80. The lowest BCUT2D eigenvalue weighted by Crippen LogP contribution is -2.43. The van der Waals surface area contributed by atoms with Gasteiger partial charge in [-0.15, -0.1) is 11.8 Å². The zero-order valence-corrected chi connectivity index (χ0v) is 12.4. The molecule has 106 valence electrons. The Hall–Kier alpha value is -2.05. The van der Waals surface area contributed by atoms with Crippen LogP contribution in [0.4, 0.5) is 5.69 Å². The number of rotatable bonds is 1. The maximum absolute atomic E-state index is 11.9. The molecule has 7 heteroatoms. The summed E-state index contributed by atoms with van der Waals surface area (Å²) in [5.41, 5.74) is 6.86. The number of hydrazine groups is 1. The van der Waals surface area contributed by atoms with E-state index < -0.39 is 0 Å². The Kier molecular flexibility index (Phi) is 4.08. The van der Waals surface area contributed by atoms with Crippen molar-refractivity contribution in [3.8, 4) is 0 Å². The van der Waals surface area contributed by atoms with Crippen molar-refractivity contribution in [2.75, 3.05) is 5.75 Å². The number of nitrogens with zero attached hydrogens (tertiary/aromatic N) is 2. The number of benzene rings is 1. The molecule has 0 fully saturated rings. The van der Waals surface area contributed by atoms with E-state index in [1.165, 1.54) is 0 Å². The second-order valence-corrected chi connectivity index (χ2v) is 5.73. The highest BCUT2D eigenvalue weighted by atomic mass is 35.5. The standard InChI is InChI=1S/C14H11ClN4OS/c15-10-1-2-11-12(7-10)21-8-13(17-11)18-19-14(20)9-3-5-16-6-4-9/h1-7H,8H2,(H,17,18)(H,19,20). The first kappa shape index (κ1) is 13.9. The van der Waals surface area contributed by atoms with Gasteiger partial charge in [0.1, 0.15) is 5.84 Å². The number of nitrogens with one attached hydrogen (secondary N) is 2.